The summed E-state index contributed by atoms with van der Waals surface area (Å²) < 4.78 is 29.2. The van der Waals surface area contributed by atoms with Crippen molar-refractivity contribution in [2.75, 3.05) is 7.11 Å². The van der Waals surface area contributed by atoms with Crippen LogP contribution in [0.3, 0.4) is 0 Å². The second-order valence-corrected chi connectivity index (χ2v) is 3.51. The molecule has 0 aliphatic rings. The Morgan fingerprint density at radius 2 is 2.31 bits per heavy atom. The molecule has 1 rings (SSSR count). The number of nitrogens with zero attached hydrogens (tertiary/aromatic N) is 2. The fourth-order valence-corrected chi connectivity index (χ4v) is 1.61. The van der Waals surface area contributed by atoms with Crippen molar-refractivity contribution in [2.45, 2.75) is 6.43 Å². The number of carbonyl (C=O) groups excluding carboxylic acids is 1. The van der Waals surface area contributed by atoms with Crippen LogP contribution in [-0.4, -0.2) is 18.1 Å². The Labute approximate surface area is 98.0 Å². The first-order valence-electron chi connectivity index (χ1n) is 3.98. The molecule has 0 aliphatic heterocycles. The van der Waals surface area contributed by atoms with Gasteiger partial charge in [-0.15, -0.1) is 0 Å². The van der Waals surface area contributed by atoms with E-state index < -0.39 is 23.8 Å². The summed E-state index contributed by atoms with van der Waals surface area (Å²) >= 11 is 2.92. The Hall–Kier alpha value is -1.55. The molecule has 0 bridgehead atoms. The van der Waals surface area contributed by atoms with E-state index in [2.05, 4.69) is 25.7 Å². The second-order valence-electron chi connectivity index (χ2n) is 2.66. The molecule has 0 aliphatic carbocycles. The Morgan fingerprint density at radius 3 is 2.75 bits per heavy atom. The number of hydrogen-bond donors (Lipinski definition) is 0. The van der Waals surface area contributed by atoms with Gasteiger partial charge >= 0.3 is 5.97 Å². The number of aromatic nitrogens is 1. The lowest BCUT2D eigenvalue weighted by Gasteiger charge is -2.06. The van der Waals surface area contributed by atoms with Crippen molar-refractivity contribution in [1.82, 2.24) is 4.98 Å². The van der Waals surface area contributed by atoms with E-state index >= 15 is 0 Å². The van der Waals surface area contributed by atoms with E-state index in [-0.39, 0.29) is 10.0 Å². The summed E-state index contributed by atoms with van der Waals surface area (Å²) in [5, 5.41) is 8.71. The molecule has 0 fully saturated rings. The number of hydrogen-bond acceptors (Lipinski definition) is 4. The maximum Gasteiger partial charge on any atom is 0.341 e. The maximum atomic E-state index is 12.4. The Morgan fingerprint density at radius 1 is 1.69 bits per heavy atom. The van der Waals surface area contributed by atoms with E-state index in [1.54, 1.807) is 6.07 Å². The first kappa shape index (κ1) is 12.5. The number of ether oxygens (including phenoxy) is 1. The van der Waals surface area contributed by atoms with E-state index in [9.17, 15) is 13.6 Å². The molecule has 1 aromatic heterocycles. The van der Waals surface area contributed by atoms with Crippen molar-refractivity contribution < 1.29 is 18.3 Å². The molecule has 0 aromatic carbocycles. The van der Waals surface area contributed by atoms with Gasteiger partial charge in [0.1, 0.15) is 17.3 Å². The molecule has 7 heteroatoms. The SMILES string of the molecule is COC(=O)c1c(Br)cc(C(F)F)nc1C#N. The number of halogens is 3. The minimum atomic E-state index is -2.81. The zero-order valence-electron chi connectivity index (χ0n) is 8.00. The second kappa shape index (κ2) is 4.99. The molecule has 0 amide bonds. The van der Waals surface area contributed by atoms with Gasteiger partial charge in [-0.05, 0) is 22.0 Å². The molecule has 16 heavy (non-hydrogen) atoms. The highest BCUT2D eigenvalue weighted by Gasteiger charge is 2.21. The van der Waals surface area contributed by atoms with Crippen molar-refractivity contribution in [1.29, 1.82) is 5.26 Å². The molecule has 1 heterocycles. The summed E-state index contributed by atoms with van der Waals surface area (Å²) in [7, 11) is 1.12. The van der Waals surface area contributed by atoms with Crippen LogP contribution in [0.25, 0.3) is 0 Å². The van der Waals surface area contributed by atoms with Gasteiger partial charge in [-0.2, -0.15) is 5.26 Å². The van der Waals surface area contributed by atoms with Crippen molar-refractivity contribution in [3.63, 3.8) is 0 Å². The number of nitriles is 1. The van der Waals surface area contributed by atoms with Gasteiger partial charge in [0.15, 0.2) is 5.69 Å². The third-order valence-electron chi connectivity index (χ3n) is 1.71. The molecule has 0 spiro atoms. The highest BCUT2D eigenvalue weighted by atomic mass is 79.9. The van der Waals surface area contributed by atoms with Crippen molar-refractivity contribution in [2.24, 2.45) is 0 Å². The number of alkyl halides is 2. The summed E-state index contributed by atoms with van der Waals surface area (Å²) in [5.74, 6) is -0.809. The van der Waals surface area contributed by atoms with Crippen LogP contribution in [-0.2, 0) is 4.74 Å². The predicted octanol–water partition coefficient (Wildman–Crippen LogP) is 2.44. The summed E-state index contributed by atoms with van der Waals surface area (Å²) in [6.07, 6.45) is -2.81. The van der Waals surface area contributed by atoms with Crippen LogP contribution >= 0.6 is 15.9 Å². The van der Waals surface area contributed by atoms with Crippen LogP contribution in [0.4, 0.5) is 8.78 Å². The van der Waals surface area contributed by atoms with Gasteiger partial charge in [0.2, 0.25) is 0 Å². The fourth-order valence-electron chi connectivity index (χ4n) is 1.02. The molecular formula is C9H5BrF2N2O2. The Balaban J connectivity index is 3.42. The summed E-state index contributed by atoms with van der Waals surface area (Å²) in [4.78, 5) is 14.6. The quantitative estimate of drug-likeness (QED) is 0.785. The van der Waals surface area contributed by atoms with Crippen LogP contribution in [0.1, 0.15) is 28.2 Å². The average Bonchev–Trinajstić information content (AvgIpc) is 2.26. The molecule has 1 aromatic rings. The summed E-state index contributed by atoms with van der Waals surface area (Å²) in [6.45, 7) is 0. The van der Waals surface area contributed by atoms with Gasteiger partial charge in [0.25, 0.3) is 6.43 Å². The lowest BCUT2D eigenvalue weighted by Crippen LogP contribution is -2.09. The largest absolute Gasteiger partial charge is 0.465 e. The van der Waals surface area contributed by atoms with E-state index in [0.717, 1.165) is 13.2 Å². The van der Waals surface area contributed by atoms with E-state index in [1.807, 2.05) is 0 Å². The topological polar surface area (TPSA) is 63.0 Å². The Bertz CT molecular complexity index is 471. The molecule has 0 saturated heterocycles. The summed E-state index contributed by atoms with van der Waals surface area (Å²) in [6, 6.07) is 2.56. The van der Waals surface area contributed by atoms with Gasteiger partial charge in [-0.3, -0.25) is 0 Å². The Kier molecular flexibility index (Phi) is 3.90. The molecule has 0 radical (unpaired) electrons. The van der Waals surface area contributed by atoms with Crippen LogP contribution in [0, 0.1) is 11.3 Å². The minimum absolute atomic E-state index is 0.0567. The van der Waals surface area contributed by atoms with Crippen molar-refractivity contribution in [3.05, 3.63) is 27.5 Å². The molecule has 0 unspecified atom stereocenters. The number of rotatable bonds is 2. The van der Waals surface area contributed by atoms with Gasteiger partial charge in [0, 0.05) is 4.47 Å². The van der Waals surface area contributed by atoms with Gasteiger partial charge < -0.3 is 4.74 Å². The monoisotopic (exact) mass is 290 g/mol. The third-order valence-corrected chi connectivity index (χ3v) is 2.34. The molecule has 0 atom stereocenters. The van der Waals surface area contributed by atoms with Gasteiger partial charge in [0.05, 0.1) is 7.11 Å². The molecular weight excluding hydrogens is 286 g/mol. The fraction of sp³-hybridized carbons (Fsp3) is 0.222. The van der Waals surface area contributed by atoms with Crippen molar-refractivity contribution >= 4 is 21.9 Å². The van der Waals surface area contributed by atoms with E-state index in [1.165, 1.54) is 0 Å². The number of carbonyl (C=O) groups is 1. The highest BCUT2D eigenvalue weighted by Crippen LogP contribution is 2.26. The van der Waals surface area contributed by atoms with Gasteiger partial charge in [-0.1, -0.05) is 0 Å². The summed E-state index contributed by atoms with van der Waals surface area (Å²) in [5.41, 5.74) is -1.12. The first-order valence-corrected chi connectivity index (χ1v) is 4.77. The number of pyridine rings is 1. The van der Waals surface area contributed by atoms with Crippen LogP contribution in [0.2, 0.25) is 0 Å². The smallest absolute Gasteiger partial charge is 0.341 e. The van der Waals surface area contributed by atoms with E-state index in [0.29, 0.717) is 0 Å². The van der Waals surface area contributed by atoms with Crippen LogP contribution in [0.15, 0.2) is 10.5 Å². The predicted molar refractivity (Wildman–Crippen MR) is 52.9 cm³/mol. The lowest BCUT2D eigenvalue weighted by molar-refractivity contribution is 0.0598. The number of methoxy groups -OCH3 is 1. The highest BCUT2D eigenvalue weighted by molar-refractivity contribution is 9.10. The molecule has 84 valence electrons. The zero-order chi connectivity index (χ0) is 12.3. The third kappa shape index (κ3) is 2.33. The standard InChI is InChI=1S/C9H5BrF2N2O2/c1-16-9(15)7-4(10)2-5(8(11)12)14-6(7)3-13/h2,8H,1H3. The zero-order valence-corrected chi connectivity index (χ0v) is 9.59. The molecule has 0 saturated carbocycles. The maximum absolute atomic E-state index is 12.4. The van der Waals surface area contributed by atoms with Crippen LogP contribution < -0.4 is 0 Å². The molecule has 0 N–H and O–H groups in total. The van der Waals surface area contributed by atoms with E-state index in [4.69, 9.17) is 5.26 Å². The van der Waals surface area contributed by atoms with Gasteiger partial charge in [-0.25, -0.2) is 18.6 Å². The van der Waals surface area contributed by atoms with Crippen LogP contribution in [0.5, 0.6) is 0 Å². The minimum Gasteiger partial charge on any atom is -0.465 e. The average molecular weight is 291 g/mol. The normalized spacial score (nSPS) is 10.0. The number of esters is 1. The first-order chi connectivity index (χ1) is 7.51. The lowest BCUT2D eigenvalue weighted by atomic mass is 10.2. The van der Waals surface area contributed by atoms with Crippen molar-refractivity contribution in [3.8, 4) is 6.07 Å². The molecule has 4 nitrogen and oxygen atoms in total.